The van der Waals surface area contributed by atoms with Gasteiger partial charge < -0.3 is 3.79 Å². The molecule has 0 bridgehead atoms. The molecule has 1 unspecified atom stereocenters. The molecule has 0 amide bonds. The Kier molecular flexibility index (Phi) is 21.6. The second-order valence-corrected chi connectivity index (χ2v) is 13.1. The van der Waals surface area contributed by atoms with E-state index in [9.17, 15) is 0 Å². The normalized spacial score (nSPS) is 13.0. The van der Waals surface area contributed by atoms with E-state index in [1.54, 1.807) is 0 Å². The summed E-state index contributed by atoms with van der Waals surface area (Å²) >= 11 is -1.12. The van der Waals surface area contributed by atoms with Gasteiger partial charge in [0.05, 0.1) is 6.23 Å². The Morgan fingerprint density at radius 3 is 1.37 bits per heavy atom. The van der Waals surface area contributed by atoms with Crippen LogP contribution < -0.4 is 0 Å². The van der Waals surface area contributed by atoms with Gasteiger partial charge in [-0.2, -0.15) is 0 Å². The van der Waals surface area contributed by atoms with Gasteiger partial charge in [-0.1, -0.05) is 136 Å². The highest BCUT2D eigenvalue weighted by atomic mass is 27.2. The van der Waals surface area contributed by atoms with Crippen LogP contribution in [0.25, 0.3) is 0 Å². The molecule has 0 rings (SSSR count). The summed E-state index contributed by atoms with van der Waals surface area (Å²) < 4.78 is 6.98. The number of hydrogen-bond donors (Lipinski definition) is 0. The van der Waals surface area contributed by atoms with E-state index >= 15 is 0 Å². The van der Waals surface area contributed by atoms with E-state index in [1.165, 1.54) is 101 Å². The number of unbranched alkanes of at least 4 members (excludes halogenated alkanes) is 10. The summed E-state index contributed by atoms with van der Waals surface area (Å²) in [6.07, 6.45) is 18.3. The van der Waals surface area contributed by atoms with E-state index in [0.29, 0.717) is 18.1 Å². The summed E-state index contributed by atoms with van der Waals surface area (Å²) in [5.41, 5.74) is 0. The SMILES string of the molecule is CCCCCCC[CH2][Al]([CH2]CCCCCCC)[O]C(CC)N(CC(C)C)CC(C)C. The van der Waals surface area contributed by atoms with Crippen LogP contribution in [0.4, 0.5) is 0 Å². The Labute approximate surface area is 196 Å². The largest absolute Gasteiger partial charge is 0.487 e. The lowest BCUT2D eigenvalue weighted by Crippen LogP contribution is -2.44. The first-order valence-corrected chi connectivity index (χ1v) is 15.9. The van der Waals surface area contributed by atoms with Gasteiger partial charge in [0.2, 0.25) is 0 Å². The molecule has 0 aromatic heterocycles. The van der Waals surface area contributed by atoms with Gasteiger partial charge in [-0.25, -0.2) is 0 Å². The Morgan fingerprint density at radius 1 is 0.600 bits per heavy atom. The second kappa shape index (κ2) is 21.3. The minimum absolute atomic E-state index is 0.353. The third kappa shape index (κ3) is 18.1. The van der Waals surface area contributed by atoms with Crippen molar-refractivity contribution in [3.8, 4) is 0 Å². The first kappa shape index (κ1) is 30.5. The molecule has 0 spiro atoms. The van der Waals surface area contributed by atoms with Gasteiger partial charge in [-0.15, -0.1) is 0 Å². The summed E-state index contributed by atoms with van der Waals surface area (Å²) in [5, 5.41) is 2.80. The molecule has 0 saturated heterocycles. The summed E-state index contributed by atoms with van der Waals surface area (Å²) in [6, 6.07) is 0. The van der Waals surface area contributed by atoms with Gasteiger partial charge in [-0.05, 0) is 18.3 Å². The molecular formula is C27H58AlNO. The highest BCUT2D eigenvalue weighted by Crippen LogP contribution is 2.20. The number of hydrogen-bond acceptors (Lipinski definition) is 2. The lowest BCUT2D eigenvalue weighted by molar-refractivity contribution is 0.00370. The molecule has 1 atom stereocenters. The first-order valence-electron chi connectivity index (χ1n) is 13.8. The van der Waals surface area contributed by atoms with Crippen LogP contribution >= 0.6 is 0 Å². The van der Waals surface area contributed by atoms with Gasteiger partial charge in [0.15, 0.2) is 0 Å². The maximum atomic E-state index is 6.98. The van der Waals surface area contributed by atoms with E-state index in [0.717, 1.165) is 6.42 Å². The fourth-order valence-electron chi connectivity index (χ4n) is 4.50. The van der Waals surface area contributed by atoms with Crippen LogP contribution in [0.2, 0.25) is 10.6 Å². The minimum Gasteiger partial charge on any atom is -0.487 e. The maximum Gasteiger partial charge on any atom is 0.461 e. The molecule has 0 saturated carbocycles. The molecule has 0 aliphatic heterocycles. The van der Waals surface area contributed by atoms with Gasteiger partial charge in [0, 0.05) is 13.1 Å². The van der Waals surface area contributed by atoms with E-state index in [-0.39, 0.29) is 0 Å². The molecule has 0 aliphatic carbocycles. The van der Waals surface area contributed by atoms with Crippen molar-refractivity contribution in [3.63, 3.8) is 0 Å². The van der Waals surface area contributed by atoms with Gasteiger partial charge in [-0.3, -0.25) is 4.90 Å². The average molecular weight is 440 g/mol. The molecule has 0 aromatic carbocycles. The number of rotatable bonds is 22. The predicted molar refractivity (Wildman–Crippen MR) is 139 cm³/mol. The minimum atomic E-state index is -1.12. The van der Waals surface area contributed by atoms with Gasteiger partial charge in [0.1, 0.15) is 0 Å². The first-order chi connectivity index (χ1) is 14.4. The zero-order valence-corrected chi connectivity index (χ0v) is 23.3. The van der Waals surface area contributed by atoms with Crippen molar-refractivity contribution < 1.29 is 3.79 Å². The highest BCUT2D eigenvalue weighted by Gasteiger charge is 2.27. The average Bonchev–Trinajstić information content (AvgIpc) is 2.69. The fraction of sp³-hybridized carbons (Fsp3) is 1.00. The standard InChI is InChI=1S/C11H24NO.2C8H17.Al/c1-6-11(13)12(7-9(2)3)8-10(4)5;2*1-3-5-7-8-6-4-2;/h9-11H,6-8H2,1-5H3;2*1,3-8H2,2H3;/q-1;;;+1. The smallest absolute Gasteiger partial charge is 0.461 e. The molecule has 0 aliphatic rings. The molecule has 0 fully saturated rings. The van der Waals surface area contributed by atoms with Crippen molar-refractivity contribution in [1.29, 1.82) is 0 Å². The van der Waals surface area contributed by atoms with Crippen molar-refractivity contribution in [3.05, 3.63) is 0 Å². The molecule has 2 nitrogen and oxygen atoms in total. The van der Waals surface area contributed by atoms with E-state index in [1.807, 2.05) is 0 Å². The Hall–Kier alpha value is 0.452. The van der Waals surface area contributed by atoms with E-state index in [4.69, 9.17) is 3.79 Å². The van der Waals surface area contributed by atoms with Crippen molar-refractivity contribution in [2.45, 2.75) is 149 Å². The molecular weight excluding hydrogens is 381 g/mol. The van der Waals surface area contributed by atoms with Crippen LogP contribution in [-0.4, -0.2) is 38.7 Å². The monoisotopic (exact) mass is 439 g/mol. The van der Waals surface area contributed by atoms with Crippen molar-refractivity contribution in [1.82, 2.24) is 4.90 Å². The lowest BCUT2D eigenvalue weighted by atomic mass is 10.1. The predicted octanol–water partition coefficient (Wildman–Crippen LogP) is 9.07. The molecule has 0 radical (unpaired) electrons. The molecule has 3 heteroatoms. The van der Waals surface area contributed by atoms with Gasteiger partial charge in [0.25, 0.3) is 0 Å². The highest BCUT2D eigenvalue weighted by molar-refractivity contribution is 6.51. The van der Waals surface area contributed by atoms with Crippen LogP contribution in [0, 0.1) is 11.8 Å². The van der Waals surface area contributed by atoms with Crippen molar-refractivity contribution >= 4 is 14.5 Å². The van der Waals surface area contributed by atoms with E-state index in [2.05, 4.69) is 53.4 Å². The summed E-state index contributed by atoms with van der Waals surface area (Å²) in [7, 11) is 0. The maximum absolute atomic E-state index is 6.98. The third-order valence-corrected chi connectivity index (χ3v) is 8.87. The molecule has 0 N–H and O–H groups in total. The Bertz CT molecular complexity index is 322. The van der Waals surface area contributed by atoms with Gasteiger partial charge >= 0.3 is 14.5 Å². The zero-order valence-electron chi connectivity index (χ0n) is 22.2. The Balaban J connectivity index is 4.70. The molecule has 180 valence electrons. The zero-order chi connectivity index (χ0) is 22.6. The topological polar surface area (TPSA) is 12.5 Å². The number of nitrogens with zero attached hydrogens (tertiary/aromatic N) is 1. The van der Waals surface area contributed by atoms with E-state index < -0.39 is 14.5 Å². The lowest BCUT2D eigenvalue weighted by Gasteiger charge is -2.36. The van der Waals surface area contributed by atoms with Crippen LogP contribution in [-0.2, 0) is 3.79 Å². The molecule has 0 heterocycles. The summed E-state index contributed by atoms with van der Waals surface area (Å²) in [5.74, 6) is 1.41. The summed E-state index contributed by atoms with van der Waals surface area (Å²) in [4.78, 5) is 2.66. The Morgan fingerprint density at radius 2 is 1.00 bits per heavy atom. The van der Waals surface area contributed by atoms with Crippen LogP contribution in [0.3, 0.4) is 0 Å². The molecule has 0 aromatic rings. The van der Waals surface area contributed by atoms with Crippen molar-refractivity contribution in [2.24, 2.45) is 11.8 Å². The second-order valence-electron chi connectivity index (χ2n) is 10.5. The quantitative estimate of drug-likeness (QED) is 0.0947. The molecule has 30 heavy (non-hydrogen) atoms. The van der Waals surface area contributed by atoms with Crippen LogP contribution in [0.1, 0.15) is 132 Å². The summed E-state index contributed by atoms with van der Waals surface area (Å²) in [6.45, 7) is 18.7. The third-order valence-electron chi connectivity index (χ3n) is 6.06. The van der Waals surface area contributed by atoms with Crippen LogP contribution in [0.5, 0.6) is 0 Å². The fourth-order valence-corrected chi connectivity index (χ4v) is 7.35. The van der Waals surface area contributed by atoms with Crippen LogP contribution in [0.15, 0.2) is 0 Å². The van der Waals surface area contributed by atoms with Crippen molar-refractivity contribution in [2.75, 3.05) is 13.1 Å².